The largest absolute Gasteiger partial charge is 0.481 e. The lowest BCUT2D eigenvalue weighted by atomic mass is 10.2. The molecule has 0 fully saturated rings. The summed E-state index contributed by atoms with van der Waals surface area (Å²) >= 11 is 0. The lowest BCUT2D eigenvalue weighted by Gasteiger charge is -2.09. The number of rotatable bonds is 8. The van der Waals surface area contributed by atoms with Gasteiger partial charge in [0.1, 0.15) is 0 Å². The van der Waals surface area contributed by atoms with Crippen LogP contribution in [0.2, 0.25) is 0 Å². The molecule has 1 unspecified atom stereocenters. The Morgan fingerprint density at radius 3 is 2.06 bits per heavy atom. The Hall–Kier alpha value is -0.380. The molecule has 0 bridgehead atoms. The minimum absolute atomic E-state index is 0.222. The molecule has 0 aromatic carbocycles. The molecule has 0 aliphatic carbocycles. The maximum absolute atomic E-state index is 11.1. The molecule has 0 rings (SSSR count). The second kappa shape index (κ2) is 12.1. The summed E-state index contributed by atoms with van der Waals surface area (Å²) in [5.74, 6) is -0.745. The van der Waals surface area contributed by atoms with Gasteiger partial charge in [-0.1, -0.05) is 33.1 Å². The van der Waals surface area contributed by atoms with Crippen LogP contribution in [0.3, 0.4) is 0 Å². The highest BCUT2D eigenvalue weighted by molar-refractivity contribution is 7.52. The third-order valence-electron chi connectivity index (χ3n) is 1.93. The van der Waals surface area contributed by atoms with E-state index in [0.717, 1.165) is 25.7 Å². The van der Waals surface area contributed by atoms with Crippen LogP contribution in [0.4, 0.5) is 0 Å². The molecule has 6 heteroatoms. The molecule has 104 valence electrons. The number of carboxylic acids is 1. The second-order valence-electron chi connectivity index (χ2n) is 3.59. The molecule has 0 aromatic rings. The van der Waals surface area contributed by atoms with Gasteiger partial charge in [0.05, 0.1) is 6.61 Å². The van der Waals surface area contributed by atoms with Crippen LogP contribution >= 0.6 is 7.60 Å². The van der Waals surface area contributed by atoms with Crippen LogP contribution in [0.1, 0.15) is 52.9 Å². The first-order valence-corrected chi connectivity index (χ1v) is 7.84. The van der Waals surface area contributed by atoms with Crippen molar-refractivity contribution in [2.45, 2.75) is 52.9 Å². The Morgan fingerprint density at radius 1 is 1.18 bits per heavy atom. The highest BCUT2D eigenvalue weighted by Gasteiger charge is 2.16. The summed E-state index contributed by atoms with van der Waals surface area (Å²) in [6.07, 6.45) is 4.62. The van der Waals surface area contributed by atoms with Crippen molar-refractivity contribution in [1.29, 1.82) is 0 Å². The van der Waals surface area contributed by atoms with Crippen LogP contribution in [-0.2, 0) is 13.9 Å². The maximum Gasteiger partial charge on any atom is 0.328 e. The first-order valence-electron chi connectivity index (χ1n) is 6.07. The molecular weight excluding hydrogens is 243 g/mol. The van der Waals surface area contributed by atoms with Crippen molar-refractivity contribution in [2.24, 2.45) is 0 Å². The molecular formula is C11H25O5P. The average Bonchev–Trinajstić information content (AvgIpc) is 2.25. The van der Waals surface area contributed by atoms with E-state index >= 15 is 0 Å². The van der Waals surface area contributed by atoms with Crippen molar-refractivity contribution in [3.8, 4) is 0 Å². The Balaban J connectivity index is 0. The number of hydrogen-bond acceptors (Lipinski definition) is 3. The Bertz CT molecular complexity index is 230. The second-order valence-corrected chi connectivity index (χ2v) is 5.57. The van der Waals surface area contributed by atoms with E-state index in [4.69, 9.17) is 14.5 Å². The summed E-state index contributed by atoms with van der Waals surface area (Å²) in [6, 6.07) is 0. The number of carboxylic acid groups (broad SMARTS) is 1. The quantitative estimate of drug-likeness (QED) is 0.521. The summed E-state index contributed by atoms with van der Waals surface area (Å²) in [4.78, 5) is 18.5. The van der Waals surface area contributed by atoms with Gasteiger partial charge in [-0.25, -0.2) is 0 Å². The monoisotopic (exact) mass is 268 g/mol. The topological polar surface area (TPSA) is 83.8 Å². The van der Waals surface area contributed by atoms with E-state index in [-0.39, 0.29) is 6.42 Å². The molecule has 17 heavy (non-hydrogen) atoms. The first kappa shape index (κ1) is 19.0. The summed E-state index contributed by atoms with van der Waals surface area (Å²) in [6.45, 7) is 5.76. The van der Waals surface area contributed by atoms with E-state index in [0.29, 0.717) is 12.8 Å². The predicted molar refractivity (Wildman–Crippen MR) is 68.4 cm³/mol. The zero-order valence-electron chi connectivity index (χ0n) is 11.0. The van der Waals surface area contributed by atoms with Crippen LogP contribution in [-0.4, -0.2) is 28.7 Å². The van der Waals surface area contributed by atoms with Gasteiger partial charge in [0, 0.05) is 12.6 Å². The van der Waals surface area contributed by atoms with E-state index in [1.165, 1.54) is 0 Å². The number of unbranched alkanes of at least 4 members (excludes halogenated alkanes) is 3. The van der Waals surface area contributed by atoms with E-state index < -0.39 is 13.6 Å². The van der Waals surface area contributed by atoms with Gasteiger partial charge in [-0.2, -0.15) is 0 Å². The Labute approximate surface area is 104 Å². The van der Waals surface area contributed by atoms with Gasteiger partial charge in [0.25, 0.3) is 0 Å². The molecule has 0 spiro atoms. The fraction of sp³-hybridized carbons (Fsp3) is 0.909. The zero-order valence-corrected chi connectivity index (χ0v) is 11.9. The zero-order chi connectivity index (χ0) is 13.7. The summed E-state index contributed by atoms with van der Waals surface area (Å²) in [5.41, 5.74) is 0. The molecule has 1 atom stereocenters. The molecule has 0 aromatic heterocycles. The highest BCUT2D eigenvalue weighted by Crippen LogP contribution is 2.42. The normalized spacial score (nSPS) is 13.4. The van der Waals surface area contributed by atoms with E-state index in [1.54, 1.807) is 13.8 Å². The third-order valence-corrected chi connectivity index (χ3v) is 3.47. The van der Waals surface area contributed by atoms with Gasteiger partial charge in [-0.05, 0) is 13.3 Å². The average molecular weight is 268 g/mol. The van der Waals surface area contributed by atoms with Crippen LogP contribution < -0.4 is 0 Å². The lowest BCUT2D eigenvalue weighted by molar-refractivity contribution is -0.136. The first-order chi connectivity index (χ1) is 7.89. The fourth-order valence-corrected chi connectivity index (χ4v) is 2.16. The van der Waals surface area contributed by atoms with Crippen LogP contribution in [0, 0.1) is 0 Å². The third kappa shape index (κ3) is 18.2. The van der Waals surface area contributed by atoms with Crippen molar-refractivity contribution in [3.05, 3.63) is 0 Å². The van der Waals surface area contributed by atoms with Gasteiger partial charge in [-0.3, -0.25) is 9.36 Å². The Kier molecular flexibility index (Phi) is 13.5. The molecule has 0 radical (unpaired) electrons. The molecule has 0 aliphatic rings. The minimum atomic E-state index is -3.23. The van der Waals surface area contributed by atoms with Crippen molar-refractivity contribution < 1.29 is 23.9 Å². The standard InChI is InChI=1S/C8H19O3P.C3H6O2/c1-3-5-6-7-8-12(9,10)11-4-2;1-2-3(4)5/h3-8H2,1-2H3,(H,9,10);2H2,1H3,(H,4,5). The van der Waals surface area contributed by atoms with Gasteiger partial charge >= 0.3 is 13.6 Å². The van der Waals surface area contributed by atoms with Crippen molar-refractivity contribution in [3.63, 3.8) is 0 Å². The van der Waals surface area contributed by atoms with Crippen molar-refractivity contribution >= 4 is 13.6 Å². The maximum atomic E-state index is 11.1. The minimum Gasteiger partial charge on any atom is -0.481 e. The van der Waals surface area contributed by atoms with Gasteiger partial charge in [0.2, 0.25) is 0 Å². The molecule has 0 amide bonds. The van der Waals surface area contributed by atoms with Gasteiger partial charge < -0.3 is 14.5 Å². The van der Waals surface area contributed by atoms with Gasteiger partial charge in [0.15, 0.2) is 0 Å². The van der Waals surface area contributed by atoms with Crippen LogP contribution in [0.15, 0.2) is 0 Å². The summed E-state index contributed by atoms with van der Waals surface area (Å²) in [5, 5.41) is 7.72. The lowest BCUT2D eigenvalue weighted by Crippen LogP contribution is -1.94. The number of carbonyl (C=O) groups is 1. The summed E-state index contributed by atoms with van der Waals surface area (Å²) in [7, 11) is -3.23. The number of aliphatic carboxylic acids is 1. The van der Waals surface area contributed by atoms with Crippen molar-refractivity contribution in [1.82, 2.24) is 0 Å². The van der Waals surface area contributed by atoms with E-state index in [1.807, 2.05) is 0 Å². The molecule has 5 nitrogen and oxygen atoms in total. The summed E-state index contributed by atoms with van der Waals surface area (Å²) < 4.78 is 15.8. The molecule has 0 aliphatic heterocycles. The van der Waals surface area contributed by atoms with Gasteiger partial charge in [-0.15, -0.1) is 0 Å². The van der Waals surface area contributed by atoms with Crippen LogP contribution in [0.5, 0.6) is 0 Å². The smallest absolute Gasteiger partial charge is 0.328 e. The van der Waals surface area contributed by atoms with Crippen LogP contribution in [0.25, 0.3) is 0 Å². The Morgan fingerprint density at radius 2 is 1.71 bits per heavy atom. The molecule has 0 heterocycles. The predicted octanol–water partition coefficient (Wildman–Crippen LogP) is 3.27. The van der Waals surface area contributed by atoms with Crippen molar-refractivity contribution in [2.75, 3.05) is 12.8 Å². The molecule has 0 saturated heterocycles. The SMILES string of the molecule is CCC(=O)O.CCCCCCP(=O)(O)OCC. The van der Waals surface area contributed by atoms with E-state index in [9.17, 15) is 9.36 Å². The highest BCUT2D eigenvalue weighted by atomic mass is 31.2. The fourth-order valence-electron chi connectivity index (χ4n) is 1.00. The molecule has 2 N–H and O–H groups in total. The molecule has 0 saturated carbocycles. The van der Waals surface area contributed by atoms with E-state index in [2.05, 4.69) is 6.92 Å². The number of hydrogen-bond donors (Lipinski definition) is 2.